The second kappa shape index (κ2) is 5.35. The molecule has 94 valence electrons. The molecule has 1 atom stereocenters. The van der Waals surface area contributed by atoms with Gasteiger partial charge in [0.2, 0.25) is 5.88 Å². The monoisotopic (exact) mass is 244 g/mol. The summed E-state index contributed by atoms with van der Waals surface area (Å²) in [6.45, 7) is 2.02. The fourth-order valence-corrected chi connectivity index (χ4v) is 1.62. The smallest absolute Gasteiger partial charge is 0.238 e. The Bertz CT molecular complexity index is 516. The van der Waals surface area contributed by atoms with Crippen LogP contribution in [0.25, 0.3) is 0 Å². The average molecular weight is 244 g/mol. The van der Waals surface area contributed by atoms with Gasteiger partial charge in [0.05, 0.1) is 24.5 Å². The van der Waals surface area contributed by atoms with Crippen LogP contribution in [-0.4, -0.2) is 17.1 Å². The Kier molecular flexibility index (Phi) is 3.62. The molecule has 0 bridgehead atoms. The lowest BCUT2D eigenvalue weighted by Crippen LogP contribution is -2.10. The predicted molar refractivity (Wildman–Crippen MR) is 71.5 cm³/mol. The zero-order chi connectivity index (χ0) is 13.0. The third-order valence-corrected chi connectivity index (χ3v) is 2.58. The van der Waals surface area contributed by atoms with Gasteiger partial charge in [-0.05, 0) is 31.2 Å². The van der Waals surface area contributed by atoms with Gasteiger partial charge in [0, 0.05) is 6.20 Å². The van der Waals surface area contributed by atoms with Crippen LogP contribution < -0.4 is 15.8 Å². The van der Waals surface area contributed by atoms with Crippen LogP contribution in [0.2, 0.25) is 0 Å². The Labute approximate surface area is 106 Å². The van der Waals surface area contributed by atoms with Crippen LogP contribution in [0, 0.1) is 0 Å². The van der Waals surface area contributed by atoms with Crippen molar-refractivity contribution >= 4 is 11.5 Å². The molecule has 0 fully saturated rings. The van der Waals surface area contributed by atoms with Crippen molar-refractivity contribution in [1.29, 1.82) is 0 Å². The lowest BCUT2D eigenvalue weighted by Gasteiger charge is -2.14. The lowest BCUT2D eigenvalue weighted by molar-refractivity contribution is 0.400. The minimum absolute atomic E-state index is 0.0621. The second-order valence-electron chi connectivity index (χ2n) is 3.92. The van der Waals surface area contributed by atoms with Crippen LogP contribution in [-0.2, 0) is 0 Å². The highest BCUT2D eigenvalue weighted by Crippen LogP contribution is 2.22. The number of hydrogen-bond donors (Lipinski definition) is 2. The summed E-state index contributed by atoms with van der Waals surface area (Å²) in [7, 11) is 1.55. The third kappa shape index (κ3) is 2.68. The summed E-state index contributed by atoms with van der Waals surface area (Å²) >= 11 is 0. The van der Waals surface area contributed by atoms with E-state index in [2.05, 4.69) is 15.3 Å². The van der Waals surface area contributed by atoms with E-state index in [1.54, 1.807) is 19.4 Å². The van der Waals surface area contributed by atoms with Gasteiger partial charge < -0.3 is 15.8 Å². The molecule has 0 amide bonds. The Morgan fingerprint density at radius 1 is 1.28 bits per heavy atom. The van der Waals surface area contributed by atoms with Gasteiger partial charge in [-0.1, -0.05) is 6.07 Å². The number of nitrogens with zero attached hydrogens (tertiary/aromatic N) is 2. The standard InChI is InChI=1S/C13H16N4O/c1-9(11-5-3-4-8-15-11)16-12-7-6-10(14)13(17-12)18-2/h3-9H,14H2,1-2H3,(H,16,17). The molecule has 0 aliphatic rings. The topological polar surface area (TPSA) is 73.1 Å². The Morgan fingerprint density at radius 3 is 2.78 bits per heavy atom. The number of anilines is 2. The van der Waals surface area contributed by atoms with Crippen molar-refractivity contribution in [2.75, 3.05) is 18.2 Å². The maximum Gasteiger partial charge on any atom is 0.238 e. The summed E-state index contributed by atoms with van der Waals surface area (Å²) in [4.78, 5) is 8.56. The molecule has 3 N–H and O–H groups in total. The SMILES string of the molecule is COc1nc(NC(C)c2ccccn2)ccc1N. The average Bonchev–Trinajstić information content (AvgIpc) is 2.42. The molecule has 0 radical (unpaired) electrons. The molecule has 2 aromatic heterocycles. The molecule has 0 saturated heterocycles. The van der Waals surface area contributed by atoms with Crippen molar-refractivity contribution in [2.45, 2.75) is 13.0 Å². The van der Waals surface area contributed by atoms with Crippen LogP contribution in [0.1, 0.15) is 18.7 Å². The molecule has 1 unspecified atom stereocenters. The van der Waals surface area contributed by atoms with Gasteiger partial charge in [-0.2, -0.15) is 4.98 Å². The van der Waals surface area contributed by atoms with Crippen molar-refractivity contribution in [3.8, 4) is 5.88 Å². The number of aromatic nitrogens is 2. The fourth-order valence-electron chi connectivity index (χ4n) is 1.62. The minimum atomic E-state index is 0.0621. The van der Waals surface area contributed by atoms with E-state index >= 15 is 0 Å². The molecule has 5 nitrogen and oxygen atoms in total. The molecule has 0 saturated carbocycles. The van der Waals surface area contributed by atoms with E-state index in [1.165, 1.54) is 0 Å². The van der Waals surface area contributed by atoms with E-state index < -0.39 is 0 Å². The summed E-state index contributed by atoms with van der Waals surface area (Å²) in [5, 5.41) is 3.25. The number of rotatable bonds is 4. The van der Waals surface area contributed by atoms with Gasteiger partial charge >= 0.3 is 0 Å². The molecule has 2 aromatic rings. The first-order valence-electron chi connectivity index (χ1n) is 5.68. The van der Waals surface area contributed by atoms with Gasteiger partial charge in [-0.15, -0.1) is 0 Å². The summed E-state index contributed by atoms with van der Waals surface area (Å²) in [6.07, 6.45) is 1.77. The van der Waals surface area contributed by atoms with Crippen LogP contribution in [0.15, 0.2) is 36.5 Å². The maximum absolute atomic E-state index is 5.71. The fraction of sp³-hybridized carbons (Fsp3) is 0.231. The highest BCUT2D eigenvalue weighted by atomic mass is 16.5. The molecule has 0 aliphatic carbocycles. The first-order chi connectivity index (χ1) is 8.70. The normalized spacial score (nSPS) is 11.9. The van der Waals surface area contributed by atoms with Gasteiger partial charge in [-0.25, -0.2) is 0 Å². The Hall–Kier alpha value is -2.30. The van der Waals surface area contributed by atoms with Crippen molar-refractivity contribution in [3.05, 3.63) is 42.2 Å². The van der Waals surface area contributed by atoms with Crippen molar-refractivity contribution < 1.29 is 4.74 Å². The van der Waals surface area contributed by atoms with Gasteiger partial charge in [0.25, 0.3) is 0 Å². The third-order valence-electron chi connectivity index (χ3n) is 2.58. The first-order valence-corrected chi connectivity index (χ1v) is 5.68. The number of methoxy groups -OCH3 is 1. The maximum atomic E-state index is 5.71. The number of nitrogens with one attached hydrogen (secondary N) is 1. The van der Waals surface area contributed by atoms with E-state index in [0.29, 0.717) is 17.4 Å². The molecule has 2 rings (SSSR count). The molecule has 18 heavy (non-hydrogen) atoms. The number of pyridine rings is 2. The van der Waals surface area contributed by atoms with E-state index in [4.69, 9.17) is 10.5 Å². The summed E-state index contributed by atoms with van der Waals surface area (Å²) in [6, 6.07) is 9.45. The molecular formula is C13H16N4O. The number of ether oxygens (including phenoxy) is 1. The largest absolute Gasteiger partial charge is 0.479 e. The van der Waals surface area contributed by atoms with E-state index in [-0.39, 0.29) is 6.04 Å². The lowest BCUT2D eigenvalue weighted by atomic mass is 10.2. The van der Waals surface area contributed by atoms with Gasteiger partial charge in [-0.3, -0.25) is 4.98 Å². The highest BCUT2D eigenvalue weighted by molar-refractivity contribution is 5.53. The van der Waals surface area contributed by atoms with Crippen LogP contribution in [0.4, 0.5) is 11.5 Å². The van der Waals surface area contributed by atoms with E-state index in [0.717, 1.165) is 5.69 Å². The van der Waals surface area contributed by atoms with Crippen LogP contribution >= 0.6 is 0 Å². The number of nitrogens with two attached hydrogens (primary N) is 1. The second-order valence-corrected chi connectivity index (χ2v) is 3.92. The number of hydrogen-bond acceptors (Lipinski definition) is 5. The van der Waals surface area contributed by atoms with E-state index in [1.807, 2.05) is 31.2 Å². The van der Waals surface area contributed by atoms with Crippen molar-refractivity contribution in [3.63, 3.8) is 0 Å². The molecule has 0 spiro atoms. The van der Waals surface area contributed by atoms with Crippen LogP contribution in [0.3, 0.4) is 0 Å². The molecule has 0 aliphatic heterocycles. The number of nitrogen functional groups attached to an aromatic ring is 1. The zero-order valence-electron chi connectivity index (χ0n) is 10.4. The zero-order valence-corrected chi connectivity index (χ0v) is 10.4. The van der Waals surface area contributed by atoms with Crippen molar-refractivity contribution in [2.24, 2.45) is 0 Å². The summed E-state index contributed by atoms with van der Waals surface area (Å²) in [5.74, 6) is 1.13. The molecule has 0 aromatic carbocycles. The first kappa shape index (κ1) is 12.2. The molecule has 2 heterocycles. The summed E-state index contributed by atoms with van der Waals surface area (Å²) in [5.41, 5.74) is 7.19. The highest BCUT2D eigenvalue weighted by Gasteiger charge is 2.08. The quantitative estimate of drug-likeness (QED) is 0.862. The summed E-state index contributed by atoms with van der Waals surface area (Å²) < 4.78 is 5.08. The van der Waals surface area contributed by atoms with Gasteiger partial charge in [0.1, 0.15) is 5.82 Å². The minimum Gasteiger partial charge on any atom is -0.479 e. The Morgan fingerprint density at radius 2 is 2.11 bits per heavy atom. The Balaban J connectivity index is 2.14. The van der Waals surface area contributed by atoms with Crippen LogP contribution in [0.5, 0.6) is 5.88 Å². The van der Waals surface area contributed by atoms with E-state index in [9.17, 15) is 0 Å². The van der Waals surface area contributed by atoms with Gasteiger partial charge in [0.15, 0.2) is 0 Å². The van der Waals surface area contributed by atoms with Crippen molar-refractivity contribution in [1.82, 2.24) is 9.97 Å². The predicted octanol–water partition coefficient (Wildman–Crippen LogP) is 2.24. The molecule has 5 heteroatoms. The molecular weight excluding hydrogens is 228 g/mol.